The van der Waals surface area contributed by atoms with Crippen molar-refractivity contribution in [2.45, 2.75) is 30.7 Å². The zero-order valence-electron chi connectivity index (χ0n) is 19.4. The summed E-state index contributed by atoms with van der Waals surface area (Å²) in [6, 6.07) is 21.0. The van der Waals surface area contributed by atoms with Gasteiger partial charge in [0.25, 0.3) is 0 Å². The third-order valence-corrected chi connectivity index (χ3v) is 6.85. The third-order valence-electron chi connectivity index (χ3n) is 6.85. The maximum absolute atomic E-state index is 13.6. The first-order valence-corrected chi connectivity index (χ1v) is 11.8. The van der Waals surface area contributed by atoms with E-state index < -0.39 is 17.4 Å². The number of rotatable bonds is 8. The molecule has 4 rings (SSSR count). The van der Waals surface area contributed by atoms with Crippen molar-refractivity contribution in [1.82, 2.24) is 10.2 Å². The normalized spacial score (nSPS) is 16.4. The number of carbonyl (C=O) groups is 2. The van der Waals surface area contributed by atoms with Gasteiger partial charge in [-0.25, -0.2) is 8.78 Å². The van der Waals surface area contributed by atoms with Gasteiger partial charge in [0.15, 0.2) is 0 Å². The molecular weight excluding hydrogens is 448 g/mol. The van der Waals surface area contributed by atoms with Crippen molar-refractivity contribution in [1.29, 1.82) is 0 Å². The number of benzene rings is 3. The highest BCUT2D eigenvalue weighted by molar-refractivity contribution is 5.88. The van der Waals surface area contributed by atoms with Crippen LogP contribution in [0.25, 0.3) is 0 Å². The van der Waals surface area contributed by atoms with Crippen LogP contribution >= 0.6 is 0 Å². The molecule has 0 saturated carbocycles. The van der Waals surface area contributed by atoms with Crippen LogP contribution in [0.1, 0.15) is 35.6 Å². The Bertz CT molecular complexity index is 1140. The van der Waals surface area contributed by atoms with Crippen molar-refractivity contribution in [2.24, 2.45) is 5.73 Å². The van der Waals surface area contributed by atoms with Crippen molar-refractivity contribution in [2.75, 3.05) is 19.6 Å². The molecule has 35 heavy (non-hydrogen) atoms. The number of nitrogens with zero attached hydrogens (tertiary/aromatic N) is 1. The number of carbonyl (C=O) groups excluding carboxylic acids is 2. The third kappa shape index (κ3) is 5.57. The van der Waals surface area contributed by atoms with Crippen LogP contribution in [-0.4, -0.2) is 36.3 Å². The standard InChI is InChI=1S/C28H29F2N3O2/c29-23-10-6-20(7-11-23)14-17-32-27(35)28(22-4-2-1-3-5-22)15-18-33(19-16-28)25(26(31)34)21-8-12-24(30)13-9-21/h1-13,25H,14-19H2,(H2,31,34)(H,32,35). The van der Waals surface area contributed by atoms with Crippen LogP contribution in [0, 0.1) is 11.6 Å². The van der Waals surface area contributed by atoms with E-state index in [9.17, 15) is 18.4 Å². The molecule has 3 aromatic carbocycles. The molecule has 0 bridgehead atoms. The van der Waals surface area contributed by atoms with Crippen LogP contribution in [0.5, 0.6) is 0 Å². The molecule has 0 aromatic heterocycles. The summed E-state index contributed by atoms with van der Waals surface area (Å²) in [5, 5.41) is 3.08. The molecule has 1 fully saturated rings. The van der Waals surface area contributed by atoms with E-state index in [1.165, 1.54) is 24.3 Å². The van der Waals surface area contributed by atoms with E-state index in [4.69, 9.17) is 5.73 Å². The summed E-state index contributed by atoms with van der Waals surface area (Å²) in [6.45, 7) is 1.39. The monoisotopic (exact) mass is 477 g/mol. The van der Waals surface area contributed by atoms with E-state index in [1.54, 1.807) is 24.3 Å². The van der Waals surface area contributed by atoms with E-state index in [0.29, 0.717) is 44.5 Å². The number of amides is 2. The number of nitrogens with one attached hydrogen (secondary N) is 1. The number of nitrogens with two attached hydrogens (primary N) is 1. The number of piperidine rings is 1. The molecule has 0 aliphatic carbocycles. The molecule has 3 aromatic rings. The fraction of sp³-hybridized carbons (Fsp3) is 0.286. The summed E-state index contributed by atoms with van der Waals surface area (Å²) in [6.07, 6.45) is 1.60. The van der Waals surface area contributed by atoms with E-state index in [0.717, 1.165) is 11.1 Å². The van der Waals surface area contributed by atoms with Crippen LogP contribution in [0.3, 0.4) is 0 Å². The van der Waals surface area contributed by atoms with Gasteiger partial charge in [0.05, 0.1) is 5.41 Å². The summed E-state index contributed by atoms with van der Waals surface area (Å²) < 4.78 is 26.6. The number of hydrogen-bond donors (Lipinski definition) is 2. The molecule has 1 aliphatic rings. The van der Waals surface area contributed by atoms with Crippen LogP contribution < -0.4 is 11.1 Å². The van der Waals surface area contributed by atoms with Crippen molar-refractivity contribution >= 4 is 11.8 Å². The molecule has 7 heteroatoms. The topological polar surface area (TPSA) is 75.4 Å². The van der Waals surface area contributed by atoms with Gasteiger partial charge in [-0.2, -0.15) is 0 Å². The molecule has 182 valence electrons. The summed E-state index contributed by atoms with van der Waals surface area (Å²) in [4.78, 5) is 27.9. The van der Waals surface area contributed by atoms with E-state index in [-0.39, 0.29) is 17.5 Å². The smallest absolute Gasteiger partial charge is 0.239 e. The van der Waals surface area contributed by atoms with Crippen LogP contribution in [0.4, 0.5) is 8.78 Å². The predicted molar refractivity (Wildman–Crippen MR) is 130 cm³/mol. The Balaban J connectivity index is 1.49. The lowest BCUT2D eigenvalue weighted by atomic mass is 9.71. The minimum atomic E-state index is -0.744. The second-order valence-electron chi connectivity index (χ2n) is 8.97. The van der Waals surface area contributed by atoms with Gasteiger partial charge >= 0.3 is 0 Å². The van der Waals surface area contributed by atoms with E-state index in [2.05, 4.69) is 5.32 Å². The SMILES string of the molecule is NC(=O)C(c1ccc(F)cc1)N1CCC(C(=O)NCCc2ccc(F)cc2)(c2ccccc2)CC1. The fourth-order valence-corrected chi connectivity index (χ4v) is 4.91. The minimum absolute atomic E-state index is 0.0668. The van der Waals surface area contributed by atoms with Gasteiger partial charge in [0.2, 0.25) is 11.8 Å². The highest BCUT2D eigenvalue weighted by Gasteiger charge is 2.44. The van der Waals surface area contributed by atoms with Gasteiger partial charge in [0, 0.05) is 19.6 Å². The molecule has 5 nitrogen and oxygen atoms in total. The van der Waals surface area contributed by atoms with Gasteiger partial charge in [0.1, 0.15) is 17.7 Å². The van der Waals surface area contributed by atoms with Gasteiger partial charge < -0.3 is 11.1 Å². The largest absolute Gasteiger partial charge is 0.368 e. The average Bonchev–Trinajstić information content (AvgIpc) is 2.87. The quantitative estimate of drug-likeness (QED) is 0.517. The zero-order chi connectivity index (χ0) is 24.8. The van der Waals surface area contributed by atoms with Gasteiger partial charge in [-0.1, -0.05) is 54.6 Å². The summed E-state index contributed by atoms with van der Waals surface area (Å²) in [5.74, 6) is -1.24. The zero-order valence-corrected chi connectivity index (χ0v) is 19.4. The lowest BCUT2D eigenvalue weighted by Crippen LogP contribution is -2.53. The van der Waals surface area contributed by atoms with Crippen LogP contribution in [0.2, 0.25) is 0 Å². The number of halogens is 2. The Labute approximate surface area is 203 Å². The van der Waals surface area contributed by atoms with Crippen molar-refractivity contribution in [3.8, 4) is 0 Å². The Kier molecular flexibility index (Phi) is 7.56. The van der Waals surface area contributed by atoms with E-state index >= 15 is 0 Å². The number of primary amides is 1. The molecule has 0 radical (unpaired) electrons. The first kappa shape index (κ1) is 24.5. The second-order valence-corrected chi connectivity index (χ2v) is 8.97. The first-order valence-electron chi connectivity index (χ1n) is 11.8. The van der Waals surface area contributed by atoms with Crippen molar-refractivity contribution < 1.29 is 18.4 Å². The lowest BCUT2D eigenvalue weighted by Gasteiger charge is -2.43. The van der Waals surface area contributed by atoms with Gasteiger partial charge in [-0.05, 0) is 60.2 Å². The lowest BCUT2D eigenvalue weighted by molar-refractivity contribution is -0.130. The second kappa shape index (κ2) is 10.8. The Morgan fingerprint density at radius 2 is 1.46 bits per heavy atom. The summed E-state index contributed by atoms with van der Waals surface area (Å²) >= 11 is 0. The molecule has 3 N–H and O–H groups in total. The van der Waals surface area contributed by atoms with Crippen molar-refractivity contribution in [3.05, 3.63) is 107 Å². The summed E-state index contributed by atoms with van der Waals surface area (Å²) in [7, 11) is 0. The van der Waals surface area contributed by atoms with E-state index in [1.807, 2.05) is 35.2 Å². The number of hydrogen-bond acceptors (Lipinski definition) is 3. The highest BCUT2D eigenvalue weighted by atomic mass is 19.1. The van der Waals surface area contributed by atoms with Gasteiger partial charge in [-0.3, -0.25) is 14.5 Å². The number of likely N-dealkylation sites (tertiary alicyclic amines) is 1. The Morgan fingerprint density at radius 1 is 0.886 bits per heavy atom. The molecule has 1 heterocycles. The highest BCUT2D eigenvalue weighted by Crippen LogP contribution is 2.38. The van der Waals surface area contributed by atoms with Crippen molar-refractivity contribution in [3.63, 3.8) is 0 Å². The van der Waals surface area contributed by atoms with Crippen LogP contribution in [0.15, 0.2) is 78.9 Å². The maximum atomic E-state index is 13.6. The maximum Gasteiger partial charge on any atom is 0.239 e. The molecular formula is C28H29F2N3O2. The molecule has 0 spiro atoms. The Hall–Kier alpha value is -3.58. The van der Waals surface area contributed by atoms with Crippen LogP contribution in [-0.2, 0) is 21.4 Å². The summed E-state index contributed by atoms with van der Waals surface area (Å²) in [5.41, 5.74) is 7.49. The first-order chi connectivity index (χ1) is 16.9. The fourth-order valence-electron chi connectivity index (χ4n) is 4.91. The molecule has 2 amide bonds. The van der Waals surface area contributed by atoms with Gasteiger partial charge in [-0.15, -0.1) is 0 Å². The Morgan fingerprint density at radius 3 is 2.03 bits per heavy atom. The average molecular weight is 478 g/mol. The minimum Gasteiger partial charge on any atom is -0.368 e. The molecule has 1 saturated heterocycles. The molecule has 1 atom stereocenters. The predicted octanol–water partition coefficient (Wildman–Crippen LogP) is 3.88. The molecule has 1 aliphatic heterocycles. The molecule has 1 unspecified atom stereocenters.